The SMILES string of the molecule is Cc1cnn(-c2c(Cl)cccc2NC=O)c1. The number of carbonyl (C=O) groups is 1. The lowest BCUT2D eigenvalue weighted by atomic mass is 10.2. The molecule has 1 heterocycles. The number of benzene rings is 1. The van der Waals surface area contributed by atoms with E-state index in [2.05, 4.69) is 10.4 Å². The van der Waals surface area contributed by atoms with Crippen LogP contribution in [0.3, 0.4) is 0 Å². The first kappa shape index (κ1) is 10.7. The second-order valence-electron chi connectivity index (χ2n) is 3.36. The third-order valence-electron chi connectivity index (χ3n) is 2.14. The number of rotatable bonds is 3. The van der Waals surface area contributed by atoms with Crippen LogP contribution in [0.15, 0.2) is 30.6 Å². The highest BCUT2D eigenvalue weighted by molar-refractivity contribution is 6.33. The number of hydrogen-bond donors (Lipinski definition) is 1. The second kappa shape index (κ2) is 4.37. The van der Waals surface area contributed by atoms with E-state index in [0.717, 1.165) is 5.56 Å². The summed E-state index contributed by atoms with van der Waals surface area (Å²) in [5, 5.41) is 7.30. The topological polar surface area (TPSA) is 46.9 Å². The third-order valence-corrected chi connectivity index (χ3v) is 2.45. The molecule has 1 aromatic heterocycles. The molecule has 0 aliphatic carbocycles. The monoisotopic (exact) mass is 235 g/mol. The molecular weight excluding hydrogens is 226 g/mol. The maximum absolute atomic E-state index is 10.5. The molecule has 0 aliphatic heterocycles. The van der Waals surface area contributed by atoms with E-state index in [1.165, 1.54) is 0 Å². The molecule has 0 spiro atoms. The molecule has 0 atom stereocenters. The van der Waals surface area contributed by atoms with Gasteiger partial charge in [-0.2, -0.15) is 5.10 Å². The van der Waals surface area contributed by atoms with Gasteiger partial charge in [0.05, 0.1) is 16.9 Å². The van der Waals surface area contributed by atoms with Crippen molar-refractivity contribution in [2.24, 2.45) is 0 Å². The van der Waals surface area contributed by atoms with E-state index in [4.69, 9.17) is 11.6 Å². The summed E-state index contributed by atoms with van der Waals surface area (Å²) >= 11 is 6.09. The molecule has 5 heteroatoms. The number of para-hydroxylation sites is 1. The Labute approximate surface area is 97.8 Å². The largest absolute Gasteiger partial charge is 0.327 e. The Balaban J connectivity index is 2.57. The number of halogens is 1. The molecule has 1 aromatic carbocycles. The van der Waals surface area contributed by atoms with Gasteiger partial charge in [-0.3, -0.25) is 4.79 Å². The lowest BCUT2D eigenvalue weighted by Gasteiger charge is -2.09. The Morgan fingerprint density at radius 2 is 2.31 bits per heavy atom. The Bertz CT molecular complexity index is 522. The van der Waals surface area contributed by atoms with Crippen LogP contribution in [-0.4, -0.2) is 16.2 Å². The van der Waals surface area contributed by atoms with Crippen LogP contribution >= 0.6 is 11.6 Å². The summed E-state index contributed by atoms with van der Waals surface area (Å²) in [6.07, 6.45) is 4.19. The molecule has 16 heavy (non-hydrogen) atoms. The Hall–Kier alpha value is -1.81. The molecule has 82 valence electrons. The number of aryl methyl sites for hydroxylation is 1. The number of nitrogens with one attached hydrogen (secondary N) is 1. The van der Waals surface area contributed by atoms with Crippen LogP contribution in [0, 0.1) is 6.92 Å². The molecule has 1 amide bonds. The van der Waals surface area contributed by atoms with Gasteiger partial charge in [-0.1, -0.05) is 17.7 Å². The number of amides is 1. The van der Waals surface area contributed by atoms with Gasteiger partial charge < -0.3 is 5.32 Å². The maximum Gasteiger partial charge on any atom is 0.211 e. The summed E-state index contributed by atoms with van der Waals surface area (Å²) in [4.78, 5) is 10.5. The van der Waals surface area contributed by atoms with Crippen molar-refractivity contribution in [3.05, 3.63) is 41.2 Å². The predicted molar refractivity (Wildman–Crippen MR) is 63.0 cm³/mol. The average molecular weight is 236 g/mol. The predicted octanol–water partition coefficient (Wildman–Crippen LogP) is 2.40. The third kappa shape index (κ3) is 1.92. The van der Waals surface area contributed by atoms with E-state index in [9.17, 15) is 4.79 Å². The molecule has 2 rings (SSSR count). The highest BCUT2D eigenvalue weighted by atomic mass is 35.5. The van der Waals surface area contributed by atoms with Gasteiger partial charge in [0.2, 0.25) is 6.41 Å². The molecule has 2 aromatic rings. The highest BCUT2D eigenvalue weighted by Crippen LogP contribution is 2.27. The molecule has 4 nitrogen and oxygen atoms in total. The van der Waals surface area contributed by atoms with Crippen molar-refractivity contribution in [2.45, 2.75) is 6.92 Å². The van der Waals surface area contributed by atoms with Crippen molar-refractivity contribution in [3.63, 3.8) is 0 Å². The molecule has 0 fully saturated rings. The minimum Gasteiger partial charge on any atom is -0.327 e. The van der Waals surface area contributed by atoms with Gasteiger partial charge in [0.25, 0.3) is 0 Å². The number of aromatic nitrogens is 2. The minimum absolute atomic E-state index is 0.537. The molecular formula is C11H10ClN3O. The van der Waals surface area contributed by atoms with Gasteiger partial charge in [0.15, 0.2) is 0 Å². The van der Waals surface area contributed by atoms with Crippen LogP contribution < -0.4 is 5.32 Å². The summed E-state index contributed by atoms with van der Waals surface area (Å²) in [5.41, 5.74) is 2.33. The van der Waals surface area contributed by atoms with Crippen molar-refractivity contribution < 1.29 is 4.79 Å². The fraction of sp³-hybridized carbons (Fsp3) is 0.0909. The summed E-state index contributed by atoms with van der Waals surface area (Å²) in [7, 11) is 0. The first-order valence-corrected chi connectivity index (χ1v) is 5.10. The molecule has 0 bridgehead atoms. The van der Waals surface area contributed by atoms with Crippen molar-refractivity contribution in [3.8, 4) is 5.69 Å². The number of carbonyl (C=O) groups excluding carboxylic acids is 1. The summed E-state index contributed by atoms with van der Waals surface area (Å²) < 4.78 is 1.64. The zero-order chi connectivity index (χ0) is 11.5. The standard InChI is InChI=1S/C11H10ClN3O/c1-8-5-14-15(6-8)11-9(12)3-2-4-10(11)13-7-16/h2-7H,1H3,(H,13,16). The molecule has 0 radical (unpaired) electrons. The van der Waals surface area contributed by atoms with Crippen LogP contribution in [-0.2, 0) is 4.79 Å². The molecule has 0 saturated heterocycles. The minimum atomic E-state index is 0.537. The first-order chi connectivity index (χ1) is 7.72. The quantitative estimate of drug-likeness (QED) is 0.831. The normalized spacial score (nSPS) is 10.1. The molecule has 0 saturated carbocycles. The van der Waals surface area contributed by atoms with Crippen LogP contribution in [0.25, 0.3) is 5.69 Å². The molecule has 0 unspecified atom stereocenters. The smallest absolute Gasteiger partial charge is 0.211 e. The van der Waals surface area contributed by atoms with Crippen LogP contribution in [0.2, 0.25) is 5.02 Å². The van der Waals surface area contributed by atoms with Crippen LogP contribution in [0.1, 0.15) is 5.56 Å². The number of nitrogens with zero attached hydrogens (tertiary/aromatic N) is 2. The maximum atomic E-state index is 10.5. The first-order valence-electron chi connectivity index (χ1n) is 4.72. The van der Waals surface area contributed by atoms with Crippen LogP contribution in [0.4, 0.5) is 5.69 Å². The lowest BCUT2D eigenvalue weighted by Crippen LogP contribution is -2.03. The fourth-order valence-electron chi connectivity index (χ4n) is 1.46. The van der Waals surface area contributed by atoms with Gasteiger partial charge >= 0.3 is 0 Å². The van der Waals surface area contributed by atoms with Gasteiger partial charge in [0.1, 0.15) is 5.69 Å². The zero-order valence-electron chi connectivity index (χ0n) is 8.64. The molecule has 0 aliphatic rings. The lowest BCUT2D eigenvalue weighted by molar-refractivity contribution is -0.105. The van der Waals surface area contributed by atoms with Crippen molar-refractivity contribution in [2.75, 3.05) is 5.32 Å². The van der Waals surface area contributed by atoms with Gasteiger partial charge in [-0.25, -0.2) is 4.68 Å². The van der Waals surface area contributed by atoms with E-state index >= 15 is 0 Å². The summed E-state index contributed by atoms with van der Waals surface area (Å²) in [5.74, 6) is 0. The van der Waals surface area contributed by atoms with Gasteiger partial charge in [-0.15, -0.1) is 0 Å². The number of anilines is 1. The zero-order valence-corrected chi connectivity index (χ0v) is 9.40. The van der Waals surface area contributed by atoms with Gasteiger partial charge in [-0.05, 0) is 24.6 Å². The average Bonchev–Trinajstić information content (AvgIpc) is 2.65. The van der Waals surface area contributed by atoms with Crippen molar-refractivity contribution >= 4 is 23.7 Å². The summed E-state index contributed by atoms with van der Waals surface area (Å²) in [6, 6.07) is 5.30. The Morgan fingerprint density at radius 1 is 1.50 bits per heavy atom. The second-order valence-corrected chi connectivity index (χ2v) is 3.77. The van der Waals surface area contributed by atoms with E-state index in [1.807, 2.05) is 13.1 Å². The van der Waals surface area contributed by atoms with E-state index in [-0.39, 0.29) is 0 Å². The van der Waals surface area contributed by atoms with E-state index in [1.54, 1.807) is 29.1 Å². The Morgan fingerprint density at radius 3 is 2.94 bits per heavy atom. The molecule has 1 N–H and O–H groups in total. The Kier molecular flexibility index (Phi) is 2.92. The fourth-order valence-corrected chi connectivity index (χ4v) is 1.72. The van der Waals surface area contributed by atoms with Crippen molar-refractivity contribution in [1.29, 1.82) is 0 Å². The van der Waals surface area contributed by atoms with Gasteiger partial charge in [0, 0.05) is 6.20 Å². The van der Waals surface area contributed by atoms with E-state index in [0.29, 0.717) is 22.8 Å². The summed E-state index contributed by atoms with van der Waals surface area (Å²) in [6.45, 7) is 1.94. The van der Waals surface area contributed by atoms with Crippen molar-refractivity contribution in [1.82, 2.24) is 9.78 Å². The highest BCUT2D eigenvalue weighted by Gasteiger charge is 2.09. The van der Waals surface area contributed by atoms with E-state index < -0.39 is 0 Å². The number of hydrogen-bond acceptors (Lipinski definition) is 2. The van der Waals surface area contributed by atoms with Crippen LogP contribution in [0.5, 0.6) is 0 Å².